The third-order valence-corrected chi connectivity index (χ3v) is 7.54. The Morgan fingerprint density at radius 2 is 1.61 bits per heavy atom. The van der Waals surface area contributed by atoms with E-state index in [9.17, 15) is 5.11 Å². The highest BCUT2D eigenvalue weighted by atomic mass is 35.5. The van der Waals surface area contributed by atoms with Crippen molar-refractivity contribution in [1.82, 2.24) is 19.8 Å². The van der Waals surface area contributed by atoms with Crippen molar-refractivity contribution < 1.29 is 5.11 Å². The number of hydrogen-bond donors (Lipinski definition) is 1. The topological polar surface area (TPSA) is 63.3 Å². The van der Waals surface area contributed by atoms with Gasteiger partial charge >= 0.3 is 0 Å². The van der Waals surface area contributed by atoms with Crippen LogP contribution in [-0.2, 0) is 5.41 Å². The van der Waals surface area contributed by atoms with E-state index in [1.165, 1.54) is 0 Å². The molecule has 4 aromatic rings. The first kappa shape index (κ1) is 19.2. The monoisotopic (exact) mass is 450 g/mol. The summed E-state index contributed by atoms with van der Waals surface area (Å²) in [5, 5.41) is 26.1. The second-order valence-electron chi connectivity index (χ2n) is 8.87. The molecule has 2 aliphatic carbocycles. The van der Waals surface area contributed by atoms with Gasteiger partial charge < -0.3 is 5.11 Å². The van der Waals surface area contributed by atoms with Crippen LogP contribution in [0.15, 0.2) is 54.6 Å². The maximum Gasteiger partial charge on any atom is 0.178 e. The SMILES string of the molecule is OC12CCC(c3nnc4cc(-c5ccc(Cl)cc5)c(-c5ccccc5Cl)nn34)(CC1)C2. The number of aromatic nitrogens is 4. The van der Waals surface area contributed by atoms with Crippen molar-refractivity contribution in [3.63, 3.8) is 0 Å². The average molecular weight is 451 g/mol. The van der Waals surface area contributed by atoms with E-state index in [2.05, 4.69) is 10.2 Å². The first-order valence-electron chi connectivity index (χ1n) is 10.5. The predicted molar refractivity (Wildman–Crippen MR) is 121 cm³/mol. The third-order valence-electron chi connectivity index (χ3n) is 6.96. The van der Waals surface area contributed by atoms with Crippen LogP contribution >= 0.6 is 23.2 Å². The van der Waals surface area contributed by atoms with Gasteiger partial charge in [0.25, 0.3) is 0 Å². The molecule has 0 spiro atoms. The summed E-state index contributed by atoms with van der Waals surface area (Å²) in [6, 6.07) is 17.4. The molecule has 2 fully saturated rings. The van der Waals surface area contributed by atoms with Gasteiger partial charge in [0.15, 0.2) is 11.5 Å². The summed E-state index contributed by atoms with van der Waals surface area (Å²) >= 11 is 12.7. The fraction of sp³-hybridized carbons (Fsp3) is 0.292. The van der Waals surface area contributed by atoms with Gasteiger partial charge in [0.05, 0.1) is 10.6 Å². The van der Waals surface area contributed by atoms with E-state index < -0.39 is 5.60 Å². The van der Waals surface area contributed by atoms with Gasteiger partial charge in [-0.2, -0.15) is 9.61 Å². The van der Waals surface area contributed by atoms with Gasteiger partial charge in [-0.15, -0.1) is 10.2 Å². The van der Waals surface area contributed by atoms with Crippen LogP contribution in [0.3, 0.4) is 0 Å². The van der Waals surface area contributed by atoms with Crippen molar-refractivity contribution in [2.75, 3.05) is 0 Å². The maximum absolute atomic E-state index is 10.8. The number of halogens is 2. The molecule has 2 heterocycles. The minimum absolute atomic E-state index is 0.166. The highest BCUT2D eigenvalue weighted by Gasteiger charge is 2.56. The number of rotatable bonds is 3. The zero-order valence-corrected chi connectivity index (χ0v) is 18.2. The molecule has 0 radical (unpaired) electrons. The average Bonchev–Trinajstić information content (AvgIpc) is 3.44. The molecule has 2 aromatic heterocycles. The van der Waals surface area contributed by atoms with Crippen LogP contribution in [-0.4, -0.2) is 30.5 Å². The van der Waals surface area contributed by atoms with Gasteiger partial charge in [0.2, 0.25) is 0 Å². The maximum atomic E-state index is 10.8. The Kier molecular flexibility index (Phi) is 4.20. The number of fused-ring (bicyclic) bond motifs is 3. The fourth-order valence-corrected chi connectivity index (χ4v) is 5.70. The molecule has 0 amide bonds. The number of nitrogens with zero attached hydrogens (tertiary/aromatic N) is 4. The summed E-state index contributed by atoms with van der Waals surface area (Å²) in [5.41, 5.74) is 3.47. The molecule has 0 unspecified atom stereocenters. The Morgan fingerprint density at radius 1 is 0.871 bits per heavy atom. The predicted octanol–water partition coefficient (Wildman–Crippen LogP) is 5.71. The normalized spacial score (nSPS) is 24.9. The second-order valence-corrected chi connectivity index (χ2v) is 9.71. The van der Waals surface area contributed by atoms with Gasteiger partial charge in [-0.1, -0.05) is 53.5 Å². The van der Waals surface area contributed by atoms with Crippen molar-refractivity contribution in [2.45, 2.75) is 43.1 Å². The Balaban J connectivity index is 1.60. The minimum Gasteiger partial charge on any atom is -0.390 e. The fourth-order valence-electron chi connectivity index (χ4n) is 5.34. The van der Waals surface area contributed by atoms with Crippen LogP contribution < -0.4 is 0 Å². The van der Waals surface area contributed by atoms with Gasteiger partial charge in [-0.25, -0.2) is 0 Å². The molecule has 5 nitrogen and oxygen atoms in total. The van der Waals surface area contributed by atoms with E-state index in [0.29, 0.717) is 15.7 Å². The van der Waals surface area contributed by atoms with E-state index in [4.69, 9.17) is 28.3 Å². The summed E-state index contributed by atoms with van der Waals surface area (Å²) in [6.45, 7) is 0. The van der Waals surface area contributed by atoms with Crippen LogP contribution in [0.25, 0.3) is 28.0 Å². The van der Waals surface area contributed by atoms with Crippen molar-refractivity contribution in [1.29, 1.82) is 0 Å². The molecule has 2 aliphatic rings. The number of benzene rings is 2. The van der Waals surface area contributed by atoms with Gasteiger partial charge in [-0.3, -0.25) is 0 Å². The molecular formula is C24H20Cl2N4O. The lowest BCUT2D eigenvalue weighted by molar-refractivity contribution is 0.0521. The van der Waals surface area contributed by atoms with Crippen LogP contribution in [0.4, 0.5) is 0 Å². The molecule has 31 heavy (non-hydrogen) atoms. The molecule has 0 atom stereocenters. The highest BCUT2D eigenvalue weighted by molar-refractivity contribution is 6.33. The lowest BCUT2D eigenvalue weighted by Crippen LogP contribution is -2.24. The third kappa shape index (κ3) is 2.99. The van der Waals surface area contributed by atoms with Gasteiger partial charge in [0, 0.05) is 21.6 Å². The lowest BCUT2D eigenvalue weighted by Gasteiger charge is -2.24. The number of hydrogen-bond acceptors (Lipinski definition) is 4. The van der Waals surface area contributed by atoms with E-state index in [1.807, 2.05) is 59.1 Å². The summed E-state index contributed by atoms with van der Waals surface area (Å²) in [6.07, 6.45) is 4.16. The highest BCUT2D eigenvalue weighted by Crippen LogP contribution is 2.57. The molecule has 1 N–H and O–H groups in total. The summed E-state index contributed by atoms with van der Waals surface area (Å²) in [5.74, 6) is 0.840. The van der Waals surface area contributed by atoms with Gasteiger partial charge in [0.1, 0.15) is 5.69 Å². The van der Waals surface area contributed by atoms with E-state index >= 15 is 0 Å². The Labute approximate surface area is 189 Å². The molecule has 2 saturated carbocycles. The standard InChI is InChI=1S/C24H20Cl2N4O/c25-16-7-5-15(6-8-16)18-13-20-27-28-22(23-9-11-24(31,14-23)12-10-23)30(20)29-21(18)17-3-1-2-4-19(17)26/h1-8,13,31H,9-12,14H2. The molecule has 7 heteroatoms. The molecule has 0 saturated heterocycles. The molecule has 6 rings (SSSR count). The summed E-state index contributed by atoms with van der Waals surface area (Å²) in [7, 11) is 0. The second kappa shape index (κ2) is 6.76. The molecular weight excluding hydrogens is 431 g/mol. The van der Waals surface area contributed by atoms with Crippen molar-refractivity contribution in [2.24, 2.45) is 0 Å². The van der Waals surface area contributed by atoms with Crippen LogP contribution in [0.5, 0.6) is 0 Å². The van der Waals surface area contributed by atoms with Crippen molar-refractivity contribution >= 4 is 28.8 Å². The Bertz CT molecular complexity index is 1310. The van der Waals surface area contributed by atoms with E-state index in [0.717, 1.165) is 60.3 Å². The smallest absolute Gasteiger partial charge is 0.178 e. The van der Waals surface area contributed by atoms with Crippen LogP contribution in [0.2, 0.25) is 10.0 Å². The zero-order chi connectivity index (χ0) is 21.2. The van der Waals surface area contributed by atoms with E-state index in [-0.39, 0.29) is 5.41 Å². The molecule has 2 bridgehead atoms. The van der Waals surface area contributed by atoms with Crippen LogP contribution in [0, 0.1) is 0 Å². The summed E-state index contributed by atoms with van der Waals surface area (Å²) in [4.78, 5) is 0. The largest absolute Gasteiger partial charge is 0.390 e. The van der Waals surface area contributed by atoms with Crippen molar-refractivity contribution in [3.05, 3.63) is 70.5 Å². The molecule has 2 aromatic carbocycles. The van der Waals surface area contributed by atoms with E-state index in [1.54, 1.807) is 0 Å². The van der Waals surface area contributed by atoms with Gasteiger partial charge in [-0.05, 0) is 61.9 Å². The Morgan fingerprint density at radius 3 is 2.29 bits per heavy atom. The van der Waals surface area contributed by atoms with Crippen molar-refractivity contribution in [3.8, 4) is 22.4 Å². The molecule has 156 valence electrons. The quantitative estimate of drug-likeness (QED) is 0.433. The molecule has 0 aliphatic heterocycles. The number of aliphatic hydroxyl groups is 1. The minimum atomic E-state index is -0.569. The first-order chi connectivity index (χ1) is 15.0. The zero-order valence-electron chi connectivity index (χ0n) is 16.7. The first-order valence-corrected chi connectivity index (χ1v) is 11.2. The summed E-state index contributed by atoms with van der Waals surface area (Å²) < 4.78 is 1.86. The van der Waals surface area contributed by atoms with Crippen LogP contribution in [0.1, 0.15) is 37.9 Å². The Hall–Kier alpha value is -2.47. The lowest BCUT2D eigenvalue weighted by atomic mass is 9.83.